The molecule has 0 aromatic heterocycles. The van der Waals surface area contributed by atoms with Gasteiger partial charge in [-0.1, -0.05) is 112 Å². The monoisotopic (exact) mass is 1060 g/mol. The summed E-state index contributed by atoms with van der Waals surface area (Å²) in [6.45, 7) is 35.2. The van der Waals surface area contributed by atoms with Crippen molar-refractivity contribution in [3.63, 3.8) is 0 Å². The summed E-state index contributed by atoms with van der Waals surface area (Å²) in [7, 11) is 0. The molecule has 2 aromatic carbocycles. The minimum atomic E-state index is 0. The summed E-state index contributed by atoms with van der Waals surface area (Å²) in [5.41, 5.74) is 17.2. The minimum absolute atomic E-state index is 0. The molecule has 3 saturated heterocycles. The summed E-state index contributed by atoms with van der Waals surface area (Å²) in [4.78, 5) is 0. The van der Waals surface area contributed by atoms with Crippen LogP contribution in [0.1, 0.15) is 122 Å². The van der Waals surface area contributed by atoms with Crippen LogP contribution in [0.15, 0.2) is 23.4 Å². The average molecular weight is 1060 g/mol. The molecule has 0 amide bonds. The van der Waals surface area contributed by atoms with Gasteiger partial charge < -0.3 is 60.0 Å². The van der Waals surface area contributed by atoms with Gasteiger partial charge in [0.25, 0.3) is 0 Å². The van der Waals surface area contributed by atoms with Crippen molar-refractivity contribution >= 4 is 0 Å². The quantitative estimate of drug-likeness (QED) is 0.266. The maximum absolute atomic E-state index is 4.74. The van der Waals surface area contributed by atoms with Gasteiger partial charge in [0, 0.05) is 42.1 Å². The van der Waals surface area contributed by atoms with Crippen LogP contribution in [-0.2, 0) is 42.1 Å². The zero-order valence-electron chi connectivity index (χ0n) is 35.3. The molecule has 4 aliphatic heterocycles. The molecule has 0 spiro atoms. The Morgan fingerprint density at radius 3 is 1.23 bits per heavy atom. The Labute approximate surface area is 348 Å². The van der Waals surface area contributed by atoms with Gasteiger partial charge >= 0.3 is 0 Å². The smallest absolute Gasteiger partial charge is 0 e. The molecule has 3 fully saturated rings. The van der Waals surface area contributed by atoms with E-state index < -0.39 is 0 Å². The van der Waals surface area contributed by atoms with Crippen LogP contribution in [0.3, 0.4) is 0 Å². The number of rotatable bonds is 2. The zero-order chi connectivity index (χ0) is 35.7. The van der Waals surface area contributed by atoms with Gasteiger partial charge in [-0.25, -0.2) is 34.6 Å². The van der Waals surface area contributed by atoms with Crippen molar-refractivity contribution in [3.05, 3.63) is 100 Å². The average Bonchev–Trinajstić information content (AvgIpc) is 3.35. The molecule has 0 aliphatic carbocycles. The molecule has 6 nitrogen and oxygen atoms in total. The van der Waals surface area contributed by atoms with Crippen LogP contribution in [0.5, 0.6) is 0 Å². The van der Waals surface area contributed by atoms with Crippen LogP contribution in [0.2, 0.25) is 0 Å². The van der Waals surface area contributed by atoms with Crippen molar-refractivity contribution in [2.75, 3.05) is 26.2 Å². The number of piperidine rings is 3. The van der Waals surface area contributed by atoms with E-state index in [4.69, 9.17) is 10.6 Å². The molecule has 6 rings (SSSR count). The predicted molar refractivity (Wildman–Crippen MR) is 220 cm³/mol. The van der Waals surface area contributed by atoms with Crippen molar-refractivity contribution in [3.8, 4) is 0 Å². The second kappa shape index (κ2) is 25.3. The molecule has 2 aromatic rings. The molecule has 6 unspecified atom stereocenters. The van der Waals surface area contributed by atoms with Crippen LogP contribution in [0.25, 0.3) is 21.3 Å². The number of hydrogen-bond acceptors (Lipinski definition) is 0. The second-order valence-electron chi connectivity index (χ2n) is 15.9. The van der Waals surface area contributed by atoms with Crippen molar-refractivity contribution in [2.45, 2.75) is 154 Å². The topological polar surface area (TPSA) is 119 Å². The zero-order valence-corrected chi connectivity index (χ0v) is 41.2. The first-order chi connectivity index (χ1) is 22.6. The molecule has 0 saturated carbocycles. The summed E-state index contributed by atoms with van der Waals surface area (Å²) in [5.74, 6) is 2.54. The Bertz CT molecular complexity index is 1150. The molecule has 4 aliphatic rings. The Hall–Kier alpha value is -0.843. The largest absolute Gasteiger partial charge is 0.731 e. The van der Waals surface area contributed by atoms with E-state index in [1.165, 1.54) is 105 Å². The van der Waals surface area contributed by atoms with Crippen LogP contribution in [-0.4, -0.2) is 55.3 Å². The first-order valence-electron chi connectivity index (χ1n) is 19.1. The van der Waals surface area contributed by atoms with Crippen LogP contribution in [0, 0.1) is 87.0 Å². The molecule has 0 radical (unpaired) electrons. The van der Waals surface area contributed by atoms with E-state index in [1.807, 2.05) is 0 Å². The molecule has 304 valence electrons. The maximum atomic E-state index is 4.74. The first kappa shape index (κ1) is 53.3. The first-order valence-corrected chi connectivity index (χ1v) is 19.1. The Morgan fingerprint density at radius 2 is 0.923 bits per heavy atom. The molecule has 6 atom stereocenters. The minimum Gasteiger partial charge on any atom is -0.731 e. The SMILES string of the molecule is CC1=CC[N-]C(C2CC(C)CC[N-]2)=C1.CC1CC[N-]C(C2CC(C)CC[N-]2)C1.C[c-]1[c-](C)[c-](C)[c-](C)[c-]1C.Cc1c(C)c(C)[c-](C)c1C.O.O.[W].[W]. The fraction of sp³-hybridized carbons (Fsp3) is 0.682. The molecule has 8 heteroatoms. The van der Waals surface area contributed by atoms with Crippen molar-refractivity contribution in [2.24, 2.45) is 17.8 Å². The van der Waals surface area contributed by atoms with E-state index in [0.717, 1.165) is 43.9 Å². The molecule has 4 N–H and O–H groups in total. The molecular formula is C44H74N4O2W2-10. The third-order valence-electron chi connectivity index (χ3n) is 12.3. The van der Waals surface area contributed by atoms with Gasteiger partial charge in [-0.2, -0.15) is 45.6 Å². The third kappa shape index (κ3) is 15.0. The molecular weight excluding hydrogens is 984 g/mol. The van der Waals surface area contributed by atoms with Crippen molar-refractivity contribution < 1.29 is 53.1 Å². The summed E-state index contributed by atoms with van der Waals surface area (Å²) >= 11 is 0. The summed E-state index contributed by atoms with van der Waals surface area (Å²) in [6, 6.07) is 1.49. The van der Waals surface area contributed by atoms with Crippen molar-refractivity contribution in [1.29, 1.82) is 0 Å². The normalized spacial score (nSPS) is 25.0. The summed E-state index contributed by atoms with van der Waals surface area (Å²) in [5, 5.41) is 18.7. The number of allylic oxidation sites excluding steroid dienone is 2. The summed E-state index contributed by atoms with van der Waals surface area (Å²) < 4.78 is 0. The van der Waals surface area contributed by atoms with Crippen LogP contribution in [0.4, 0.5) is 0 Å². The maximum Gasteiger partial charge on any atom is 0 e. The Kier molecular flexibility index (Phi) is 26.0. The van der Waals surface area contributed by atoms with Crippen molar-refractivity contribution in [1.82, 2.24) is 0 Å². The number of nitrogens with zero attached hydrogens (tertiary/aromatic N) is 4. The van der Waals surface area contributed by atoms with E-state index in [1.54, 1.807) is 0 Å². The van der Waals surface area contributed by atoms with E-state index in [0.29, 0.717) is 18.1 Å². The van der Waals surface area contributed by atoms with Gasteiger partial charge in [0.05, 0.1) is 0 Å². The van der Waals surface area contributed by atoms with Gasteiger partial charge in [-0.05, 0) is 24.7 Å². The molecule has 4 heterocycles. The fourth-order valence-electron chi connectivity index (χ4n) is 7.57. The van der Waals surface area contributed by atoms with E-state index in [2.05, 4.69) is 120 Å². The third-order valence-corrected chi connectivity index (χ3v) is 12.3. The van der Waals surface area contributed by atoms with Crippen LogP contribution >= 0.6 is 0 Å². The van der Waals surface area contributed by atoms with Gasteiger partial charge in [0.2, 0.25) is 0 Å². The van der Waals surface area contributed by atoms with Gasteiger partial charge in [0.15, 0.2) is 0 Å². The Balaban J connectivity index is 0. The molecule has 52 heavy (non-hydrogen) atoms. The fourth-order valence-corrected chi connectivity index (χ4v) is 7.57. The summed E-state index contributed by atoms with van der Waals surface area (Å²) in [6.07, 6.45) is 11.9. The molecule has 0 bridgehead atoms. The van der Waals surface area contributed by atoms with E-state index in [9.17, 15) is 0 Å². The van der Waals surface area contributed by atoms with Gasteiger partial charge in [-0.3, -0.25) is 0 Å². The standard InChI is InChI=1S/C12H22N2.C12H18N2.2C10H15.2H2O.2W/c2*1-9-3-5-13-11(7-9)12-8-10(2)4-6-14-12;2*1-6-7(2)9(4)10(5)8(6)3;;;;/h9-12H,3-8H2,1-2H3;3,7,10,12H,4-6,8H2,1-2H3;2*1-5H3;2*1H2;;/q2*-2;-5;-1;;;;. The van der Waals surface area contributed by atoms with Gasteiger partial charge in [0.1, 0.15) is 0 Å². The second-order valence-corrected chi connectivity index (χ2v) is 15.9. The van der Waals surface area contributed by atoms with E-state index in [-0.39, 0.29) is 53.1 Å². The Morgan fingerprint density at radius 1 is 0.558 bits per heavy atom. The predicted octanol–water partition coefficient (Wildman–Crippen LogP) is 10.9. The van der Waals surface area contributed by atoms with Gasteiger partial charge in [-0.15, -0.1) is 32.2 Å². The van der Waals surface area contributed by atoms with E-state index >= 15 is 0 Å². The van der Waals surface area contributed by atoms with Crippen LogP contribution < -0.4 is 0 Å². The number of hydrogen-bond donors (Lipinski definition) is 0.